The molecule has 3 aromatic rings. The van der Waals surface area contributed by atoms with Crippen molar-refractivity contribution in [1.82, 2.24) is 19.7 Å². The molecule has 1 aliphatic heterocycles. The summed E-state index contributed by atoms with van der Waals surface area (Å²) in [7, 11) is 3.02. The van der Waals surface area contributed by atoms with Gasteiger partial charge >= 0.3 is 0 Å². The zero-order chi connectivity index (χ0) is 23.2. The third-order valence-electron chi connectivity index (χ3n) is 5.79. The Kier molecular flexibility index (Phi) is 6.99. The van der Waals surface area contributed by atoms with Crippen molar-refractivity contribution in [2.75, 3.05) is 32.6 Å². The van der Waals surface area contributed by atoms with E-state index in [-0.39, 0.29) is 17.9 Å². The molecule has 172 valence electrons. The fourth-order valence-electron chi connectivity index (χ4n) is 4.12. The SMILES string of the molecule is COc1ncccc1C(=O)N1CCC(n2nccc2NC(=O)[C@H](OC)c2ccccc2)CC1. The van der Waals surface area contributed by atoms with Crippen LogP contribution >= 0.6 is 0 Å². The summed E-state index contributed by atoms with van der Waals surface area (Å²) < 4.78 is 12.5. The molecule has 0 saturated carbocycles. The van der Waals surface area contributed by atoms with Crippen LogP contribution < -0.4 is 10.1 Å². The number of rotatable bonds is 7. The van der Waals surface area contributed by atoms with Gasteiger partial charge in [0.15, 0.2) is 6.10 Å². The second kappa shape index (κ2) is 10.3. The third-order valence-corrected chi connectivity index (χ3v) is 5.79. The molecular formula is C24H27N5O4. The molecular weight excluding hydrogens is 422 g/mol. The van der Waals surface area contributed by atoms with E-state index in [9.17, 15) is 9.59 Å². The van der Waals surface area contributed by atoms with E-state index in [4.69, 9.17) is 9.47 Å². The number of anilines is 1. The molecule has 0 bridgehead atoms. The van der Waals surface area contributed by atoms with Gasteiger partial charge in [-0.2, -0.15) is 5.10 Å². The summed E-state index contributed by atoms with van der Waals surface area (Å²) in [6, 6.07) is 14.6. The standard InChI is InChI=1S/C24H27N5O4/c1-32-21(17-7-4-3-5-8-17)22(30)27-20-10-14-26-29(20)18-11-15-28(16-12-18)24(31)19-9-6-13-25-23(19)33-2/h3-10,13-14,18,21H,11-12,15-16H2,1-2H3,(H,27,30)/t21-/m1/s1. The van der Waals surface area contributed by atoms with Crippen LogP contribution in [0.5, 0.6) is 5.88 Å². The normalized spacial score (nSPS) is 15.2. The number of amides is 2. The summed E-state index contributed by atoms with van der Waals surface area (Å²) in [6.45, 7) is 1.14. The highest BCUT2D eigenvalue weighted by Gasteiger charge is 2.29. The average molecular weight is 450 g/mol. The van der Waals surface area contributed by atoms with Crippen molar-refractivity contribution in [3.8, 4) is 5.88 Å². The van der Waals surface area contributed by atoms with E-state index >= 15 is 0 Å². The fraction of sp³-hybridized carbons (Fsp3) is 0.333. The lowest BCUT2D eigenvalue weighted by Crippen LogP contribution is -2.39. The maximum atomic E-state index is 12.9. The van der Waals surface area contributed by atoms with Crippen molar-refractivity contribution < 1.29 is 19.1 Å². The zero-order valence-electron chi connectivity index (χ0n) is 18.7. The monoisotopic (exact) mass is 449 g/mol. The lowest BCUT2D eigenvalue weighted by Gasteiger charge is -2.33. The van der Waals surface area contributed by atoms with Crippen molar-refractivity contribution in [3.63, 3.8) is 0 Å². The minimum Gasteiger partial charge on any atom is -0.480 e. The van der Waals surface area contributed by atoms with Gasteiger partial charge in [0.2, 0.25) is 5.88 Å². The summed E-state index contributed by atoms with van der Waals surface area (Å²) in [6.07, 6.45) is 3.97. The van der Waals surface area contributed by atoms with Crippen LogP contribution in [-0.2, 0) is 9.53 Å². The molecule has 2 aromatic heterocycles. The molecule has 1 aromatic carbocycles. The molecule has 1 fully saturated rings. The molecule has 0 radical (unpaired) electrons. The number of hydrogen-bond donors (Lipinski definition) is 1. The van der Waals surface area contributed by atoms with E-state index < -0.39 is 6.10 Å². The van der Waals surface area contributed by atoms with Crippen molar-refractivity contribution in [2.24, 2.45) is 0 Å². The lowest BCUT2D eigenvalue weighted by molar-refractivity contribution is -0.126. The van der Waals surface area contributed by atoms with Gasteiger partial charge in [-0.3, -0.25) is 9.59 Å². The second-order valence-corrected chi connectivity index (χ2v) is 7.76. The number of ether oxygens (including phenoxy) is 2. The molecule has 9 nitrogen and oxygen atoms in total. The van der Waals surface area contributed by atoms with Crippen LogP contribution in [-0.4, -0.2) is 58.8 Å². The number of hydrogen-bond acceptors (Lipinski definition) is 6. The molecule has 1 N–H and O–H groups in total. The van der Waals surface area contributed by atoms with Crippen LogP contribution in [0, 0.1) is 0 Å². The van der Waals surface area contributed by atoms with Gasteiger partial charge in [0, 0.05) is 32.5 Å². The Labute approximate surface area is 192 Å². The summed E-state index contributed by atoms with van der Waals surface area (Å²) >= 11 is 0. The van der Waals surface area contributed by atoms with Crippen LogP contribution in [0.1, 0.15) is 40.9 Å². The Morgan fingerprint density at radius 2 is 1.79 bits per heavy atom. The first-order chi connectivity index (χ1) is 16.1. The highest BCUT2D eigenvalue weighted by molar-refractivity contribution is 5.96. The van der Waals surface area contributed by atoms with Gasteiger partial charge < -0.3 is 19.7 Å². The van der Waals surface area contributed by atoms with E-state index in [2.05, 4.69) is 15.4 Å². The van der Waals surface area contributed by atoms with E-state index in [0.29, 0.717) is 43.2 Å². The summed E-state index contributed by atoms with van der Waals surface area (Å²) in [5.74, 6) is 0.574. The van der Waals surface area contributed by atoms with E-state index in [1.165, 1.54) is 14.2 Å². The largest absolute Gasteiger partial charge is 0.480 e. The predicted octanol–water partition coefficient (Wildman–Crippen LogP) is 3.09. The molecule has 0 spiro atoms. The predicted molar refractivity (Wildman–Crippen MR) is 122 cm³/mol. The smallest absolute Gasteiger partial charge is 0.259 e. The van der Waals surface area contributed by atoms with Gasteiger partial charge in [-0.25, -0.2) is 9.67 Å². The van der Waals surface area contributed by atoms with Crippen LogP contribution in [0.4, 0.5) is 5.82 Å². The van der Waals surface area contributed by atoms with E-state index in [1.54, 1.807) is 35.5 Å². The van der Waals surface area contributed by atoms with Gasteiger partial charge in [0.05, 0.1) is 19.3 Å². The van der Waals surface area contributed by atoms with Gasteiger partial charge in [0.1, 0.15) is 11.4 Å². The number of carbonyl (C=O) groups is 2. The molecule has 9 heteroatoms. The highest BCUT2D eigenvalue weighted by Crippen LogP contribution is 2.28. The number of nitrogens with zero attached hydrogens (tertiary/aromatic N) is 4. The Hall–Kier alpha value is -3.72. The Morgan fingerprint density at radius 3 is 2.48 bits per heavy atom. The average Bonchev–Trinajstić information content (AvgIpc) is 3.32. The molecule has 3 heterocycles. The van der Waals surface area contributed by atoms with Crippen molar-refractivity contribution in [2.45, 2.75) is 25.0 Å². The van der Waals surface area contributed by atoms with Crippen LogP contribution in [0.25, 0.3) is 0 Å². The first kappa shape index (κ1) is 22.5. The zero-order valence-corrected chi connectivity index (χ0v) is 18.7. The van der Waals surface area contributed by atoms with E-state index in [0.717, 1.165) is 5.56 Å². The number of aromatic nitrogens is 3. The number of piperidine rings is 1. The molecule has 0 unspecified atom stereocenters. The molecule has 1 saturated heterocycles. The minimum absolute atomic E-state index is 0.0628. The fourth-order valence-corrected chi connectivity index (χ4v) is 4.12. The minimum atomic E-state index is -0.719. The molecule has 0 aliphatic carbocycles. The van der Waals surface area contributed by atoms with Gasteiger partial charge in [0.25, 0.3) is 11.8 Å². The molecule has 1 aliphatic rings. The van der Waals surface area contributed by atoms with Crippen molar-refractivity contribution in [1.29, 1.82) is 0 Å². The lowest BCUT2D eigenvalue weighted by atomic mass is 10.0. The topological polar surface area (TPSA) is 98.6 Å². The molecule has 2 amide bonds. The third kappa shape index (κ3) is 4.88. The molecule has 4 rings (SSSR count). The number of likely N-dealkylation sites (tertiary alicyclic amines) is 1. The number of methoxy groups -OCH3 is 2. The first-order valence-corrected chi connectivity index (χ1v) is 10.8. The Morgan fingerprint density at radius 1 is 1.03 bits per heavy atom. The van der Waals surface area contributed by atoms with Crippen molar-refractivity contribution >= 4 is 17.6 Å². The van der Waals surface area contributed by atoms with Crippen molar-refractivity contribution in [3.05, 3.63) is 72.1 Å². The van der Waals surface area contributed by atoms with E-state index in [1.807, 2.05) is 35.0 Å². The summed E-state index contributed by atoms with van der Waals surface area (Å²) in [5.41, 5.74) is 1.23. The molecule has 1 atom stereocenters. The Bertz CT molecular complexity index is 1090. The maximum Gasteiger partial charge on any atom is 0.259 e. The number of pyridine rings is 1. The maximum absolute atomic E-state index is 12.9. The number of carbonyl (C=O) groups excluding carboxylic acids is 2. The Balaban J connectivity index is 1.41. The van der Waals surface area contributed by atoms with Crippen LogP contribution in [0.15, 0.2) is 60.9 Å². The first-order valence-electron chi connectivity index (χ1n) is 10.8. The molecule has 33 heavy (non-hydrogen) atoms. The van der Waals surface area contributed by atoms with Crippen LogP contribution in [0.3, 0.4) is 0 Å². The van der Waals surface area contributed by atoms with Gasteiger partial charge in [-0.1, -0.05) is 30.3 Å². The quantitative estimate of drug-likeness (QED) is 0.595. The summed E-state index contributed by atoms with van der Waals surface area (Å²) in [5, 5.41) is 7.38. The summed E-state index contributed by atoms with van der Waals surface area (Å²) in [4.78, 5) is 31.7. The highest BCUT2D eigenvalue weighted by atomic mass is 16.5. The number of nitrogens with one attached hydrogen (secondary N) is 1. The van der Waals surface area contributed by atoms with Gasteiger partial charge in [-0.05, 0) is 30.5 Å². The van der Waals surface area contributed by atoms with Gasteiger partial charge in [-0.15, -0.1) is 0 Å². The number of benzene rings is 1. The van der Waals surface area contributed by atoms with Crippen LogP contribution in [0.2, 0.25) is 0 Å². The second-order valence-electron chi connectivity index (χ2n) is 7.76.